The largest absolute Gasteiger partial charge is 0.378 e. The fourth-order valence-corrected chi connectivity index (χ4v) is 2.48. The molecule has 1 atom stereocenters. The van der Waals surface area contributed by atoms with Crippen LogP contribution in [0.5, 0.6) is 0 Å². The number of rotatable bonds is 4. The lowest BCUT2D eigenvalue weighted by molar-refractivity contribution is 0.868. The highest BCUT2D eigenvalue weighted by molar-refractivity contribution is 7.09. The summed E-state index contributed by atoms with van der Waals surface area (Å²) in [5, 5.41) is 6.63. The summed E-state index contributed by atoms with van der Waals surface area (Å²) in [6, 6.07) is 6.70. The van der Waals surface area contributed by atoms with Crippen LogP contribution in [-0.2, 0) is 0 Å². The second-order valence-corrected chi connectivity index (χ2v) is 5.56. The number of benzene rings is 1. The van der Waals surface area contributed by atoms with E-state index < -0.39 is 0 Å². The SMILES string of the molecule is Cc1cc(N(C)C)ccc1NC(C)c1nccs1. The van der Waals surface area contributed by atoms with E-state index in [1.807, 2.05) is 11.6 Å². The minimum atomic E-state index is 0.244. The predicted octanol–water partition coefficient (Wildman–Crippen LogP) is 3.69. The van der Waals surface area contributed by atoms with Crippen LogP contribution in [-0.4, -0.2) is 19.1 Å². The topological polar surface area (TPSA) is 28.2 Å². The third kappa shape index (κ3) is 2.82. The van der Waals surface area contributed by atoms with E-state index in [9.17, 15) is 0 Å². The maximum atomic E-state index is 4.34. The average Bonchev–Trinajstić information content (AvgIpc) is 2.85. The fraction of sp³-hybridized carbons (Fsp3) is 0.357. The molecule has 4 heteroatoms. The first kappa shape index (κ1) is 12.9. The molecule has 18 heavy (non-hydrogen) atoms. The molecule has 3 nitrogen and oxygen atoms in total. The molecular formula is C14H19N3S. The number of hydrogen-bond donors (Lipinski definition) is 1. The number of aryl methyl sites for hydroxylation is 1. The van der Waals surface area contributed by atoms with E-state index in [4.69, 9.17) is 0 Å². The molecule has 0 aliphatic heterocycles. The lowest BCUT2D eigenvalue weighted by Crippen LogP contribution is -2.10. The summed E-state index contributed by atoms with van der Waals surface area (Å²) >= 11 is 1.68. The molecule has 0 amide bonds. The van der Waals surface area contributed by atoms with E-state index in [2.05, 4.69) is 61.3 Å². The van der Waals surface area contributed by atoms with Gasteiger partial charge >= 0.3 is 0 Å². The molecule has 0 spiro atoms. The summed E-state index contributed by atoms with van der Waals surface area (Å²) < 4.78 is 0. The summed E-state index contributed by atoms with van der Waals surface area (Å²) in [5.41, 5.74) is 3.65. The fourth-order valence-electron chi connectivity index (χ4n) is 1.83. The van der Waals surface area contributed by atoms with Gasteiger partial charge in [0.2, 0.25) is 0 Å². The zero-order valence-electron chi connectivity index (χ0n) is 11.3. The van der Waals surface area contributed by atoms with Crippen LogP contribution in [0, 0.1) is 6.92 Å². The predicted molar refractivity (Wildman–Crippen MR) is 79.7 cm³/mol. The van der Waals surface area contributed by atoms with Gasteiger partial charge in [-0.3, -0.25) is 0 Å². The van der Waals surface area contributed by atoms with E-state index in [1.54, 1.807) is 11.3 Å². The molecule has 2 rings (SSSR count). The van der Waals surface area contributed by atoms with Crippen molar-refractivity contribution in [2.24, 2.45) is 0 Å². The van der Waals surface area contributed by atoms with Gasteiger partial charge < -0.3 is 10.2 Å². The molecule has 0 bridgehead atoms. The molecular weight excluding hydrogens is 242 g/mol. The molecule has 0 saturated heterocycles. The number of nitrogens with zero attached hydrogens (tertiary/aromatic N) is 2. The van der Waals surface area contributed by atoms with Crippen LogP contribution in [0.1, 0.15) is 23.5 Å². The van der Waals surface area contributed by atoms with Crippen molar-refractivity contribution in [2.45, 2.75) is 19.9 Å². The van der Waals surface area contributed by atoms with Crippen LogP contribution in [0.3, 0.4) is 0 Å². The van der Waals surface area contributed by atoms with Crippen molar-refractivity contribution in [2.75, 3.05) is 24.3 Å². The number of nitrogens with one attached hydrogen (secondary N) is 1. The Balaban J connectivity index is 2.15. The molecule has 0 aliphatic rings. The van der Waals surface area contributed by atoms with E-state index in [0.29, 0.717) is 0 Å². The van der Waals surface area contributed by atoms with Crippen LogP contribution in [0.4, 0.5) is 11.4 Å². The van der Waals surface area contributed by atoms with Gasteiger partial charge in [-0.15, -0.1) is 11.3 Å². The lowest BCUT2D eigenvalue weighted by atomic mass is 10.1. The minimum Gasteiger partial charge on any atom is -0.378 e. The number of aromatic nitrogens is 1. The van der Waals surface area contributed by atoms with Crippen molar-refractivity contribution >= 4 is 22.7 Å². The van der Waals surface area contributed by atoms with Gasteiger partial charge in [0.1, 0.15) is 5.01 Å². The first-order valence-corrected chi connectivity index (χ1v) is 6.90. The van der Waals surface area contributed by atoms with Gasteiger partial charge in [0, 0.05) is 37.0 Å². The molecule has 0 fully saturated rings. The maximum Gasteiger partial charge on any atom is 0.115 e. The Morgan fingerprint density at radius 2 is 2.11 bits per heavy atom. The summed E-state index contributed by atoms with van der Waals surface area (Å²) in [4.78, 5) is 6.45. The molecule has 1 aromatic carbocycles. The van der Waals surface area contributed by atoms with E-state index in [0.717, 1.165) is 5.01 Å². The van der Waals surface area contributed by atoms with E-state index in [1.165, 1.54) is 16.9 Å². The number of hydrogen-bond acceptors (Lipinski definition) is 4. The van der Waals surface area contributed by atoms with Gasteiger partial charge in [-0.25, -0.2) is 4.98 Å². The lowest BCUT2D eigenvalue weighted by Gasteiger charge is -2.18. The molecule has 0 radical (unpaired) electrons. The molecule has 1 unspecified atom stereocenters. The summed E-state index contributed by atoms with van der Waals surface area (Å²) in [7, 11) is 4.11. The molecule has 0 aliphatic carbocycles. The van der Waals surface area contributed by atoms with Crippen molar-refractivity contribution in [3.63, 3.8) is 0 Å². The smallest absolute Gasteiger partial charge is 0.115 e. The third-order valence-electron chi connectivity index (χ3n) is 2.92. The highest BCUT2D eigenvalue weighted by Gasteiger charge is 2.09. The quantitative estimate of drug-likeness (QED) is 0.909. The molecule has 1 N–H and O–H groups in total. The Hall–Kier alpha value is -1.55. The normalized spacial score (nSPS) is 12.2. The Morgan fingerprint density at radius 1 is 1.33 bits per heavy atom. The second-order valence-electron chi connectivity index (χ2n) is 4.63. The Morgan fingerprint density at radius 3 is 2.67 bits per heavy atom. The highest BCUT2D eigenvalue weighted by Crippen LogP contribution is 2.26. The van der Waals surface area contributed by atoms with Crippen molar-refractivity contribution in [3.8, 4) is 0 Å². The Labute approximate surface area is 112 Å². The van der Waals surface area contributed by atoms with Gasteiger partial charge in [0.15, 0.2) is 0 Å². The average molecular weight is 261 g/mol. The molecule has 1 aromatic heterocycles. The van der Waals surface area contributed by atoms with Crippen molar-refractivity contribution in [1.29, 1.82) is 0 Å². The van der Waals surface area contributed by atoms with Gasteiger partial charge in [-0.1, -0.05) is 0 Å². The summed E-state index contributed by atoms with van der Waals surface area (Å²) in [5.74, 6) is 0. The molecule has 0 saturated carbocycles. The standard InChI is InChI=1S/C14H19N3S/c1-10-9-12(17(3)4)5-6-13(10)16-11(2)14-15-7-8-18-14/h5-9,11,16H,1-4H3. The van der Waals surface area contributed by atoms with Gasteiger partial charge in [0.25, 0.3) is 0 Å². The monoisotopic (exact) mass is 261 g/mol. The van der Waals surface area contributed by atoms with Crippen molar-refractivity contribution in [3.05, 3.63) is 40.3 Å². The Kier molecular flexibility index (Phi) is 3.87. The van der Waals surface area contributed by atoms with Crippen LogP contribution in [0.15, 0.2) is 29.8 Å². The highest BCUT2D eigenvalue weighted by atomic mass is 32.1. The van der Waals surface area contributed by atoms with Crippen molar-refractivity contribution < 1.29 is 0 Å². The van der Waals surface area contributed by atoms with Gasteiger partial charge in [-0.05, 0) is 37.6 Å². The summed E-state index contributed by atoms with van der Waals surface area (Å²) in [6.45, 7) is 4.27. The number of anilines is 2. The van der Waals surface area contributed by atoms with Crippen molar-refractivity contribution in [1.82, 2.24) is 4.98 Å². The van der Waals surface area contributed by atoms with Crippen LogP contribution < -0.4 is 10.2 Å². The minimum absolute atomic E-state index is 0.244. The number of thiazole rings is 1. The van der Waals surface area contributed by atoms with Gasteiger partial charge in [0.05, 0.1) is 6.04 Å². The van der Waals surface area contributed by atoms with Crippen LogP contribution >= 0.6 is 11.3 Å². The molecule has 2 aromatic rings. The zero-order chi connectivity index (χ0) is 13.1. The maximum absolute atomic E-state index is 4.34. The molecule has 96 valence electrons. The first-order valence-electron chi connectivity index (χ1n) is 6.02. The van der Waals surface area contributed by atoms with E-state index >= 15 is 0 Å². The molecule has 1 heterocycles. The zero-order valence-corrected chi connectivity index (χ0v) is 12.1. The van der Waals surface area contributed by atoms with Crippen LogP contribution in [0.2, 0.25) is 0 Å². The van der Waals surface area contributed by atoms with Gasteiger partial charge in [-0.2, -0.15) is 0 Å². The van der Waals surface area contributed by atoms with E-state index in [-0.39, 0.29) is 6.04 Å². The summed E-state index contributed by atoms with van der Waals surface area (Å²) in [6.07, 6.45) is 1.85. The second kappa shape index (κ2) is 5.40. The Bertz CT molecular complexity index is 506. The first-order chi connectivity index (χ1) is 8.58. The van der Waals surface area contributed by atoms with Crippen LogP contribution in [0.25, 0.3) is 0 Å². The third-order valence-corrected chi connectivity index (χ3v) is 3.88.